The fourth-order valence-corrected chi connectivity index (χ4v) is 21.7. The molecule has 6 atom stereocenters. The summed E-state index contributed by atoms with van der Waals surface area (Å²) in [6, 6.07) is 40.6. The van der Waals surface area contributed by atoms with Crippen LogP contribution in [-0.2, 0) is 58.0 Å². The number of fused-ring (bicyclic) bond motifs is 6. The highest BCUT2D eigenvalue weighted by Crippen LogP contribution is 2.42. The smallest absolute Gasteiger partial charge is 0.318 e. The normalized spacial score (nSPS) is 20.7. The number of morpholine rings is 1. The van der Waals surface area contributed by atoms with Crippen LogP contribution in [0.15, 0.2) is 133 Å². The number of amides is 3. The van der Waals surface area contributed by atoms with Gasteiger partial charge in [-0.05, 0) is 197 Å². The van der Waals surface area contributed by atoms with Gasteiger partial charge in [0.15, 0.2) is 0 Å². The number of anilines is 6. The average molecular weight is 1930 g/mol. The molecule has 10 aliphatic heterocycles. The number of ether oxygens (including phenoxy) is 4. The Labute approximate surface area is 840 Å². The molecule has 738 valence electrons. The van der Waals surface area contributed by atoms with Crippen LogP contribution in [0.4, 0.5) is 34.5 Å². The number of likely N-dealkylation sites (tertiary alicyclic amines) is 3. The number of carbonyl (C=O) groups is 3. The zero-order valence-corrected chi connectivity index (χ0v) is 84.9. The molecular formula is C108H137N23O7S2. The van der Waals surface area contributed by atoms with Crippen molar-refractivity contribution in [2.45, 2.75) is 141 Å². The van der Waals surface area contributed by atoms with Gasteiger partial charge in [-0.15, -0.1) is 0 Å². The highest BCUT2D eigenvalue weighted by molar-refractivity contribution is 7.59. The summed E-state index contributed by atoms with van der Waals surface area (Å²) in [6.07, 6.45) is 16.4. The molecular weight excluding hydrogens is 1800 g/mol. The van der Waals surface area contributed by atoms with Crippen molar-refractivity contribution in [1.82, 2.24) is 69.1 Å². The number of piperazine rings is 3. The molecule has 0 N–H and O–H groups in total. The summed E-state index contributed by atoms with van der Waals surface area (Å²) in [6.45, 7) is 51.0. The SMILES string of the molecule is S.S.[C-]#[N+]C[C@H]1CN(c2nc(OC[C@@H]3CCCN3C)nc3c2CCN(c2cccc4cccc(C)c24)C3)CCN1C(=O)/C=C/CN(C)C.[C-]#[N+]C[C@H]1CN(c2nc(OC[C@@H]3CCCN3C)nc3c2CCN(c2cccc4cccc(C)c24)C3)CCN1C(=O)/C=C/CN1CCOCC1.[C-]#[N+]C[C@H]1CN(c2nc(OC[C@@H]3CCCN3C)nc3c2CCN(c2cccc4cccc(C)c24)C3)CCN1C(=O)C#CC. The first-order valence-corrected chi connectivity index (χ1v) is 49.5. The maximum Gasteiger partial charge on any atom is 0.318 e. The Bertz CT molecular complexity index is 6130. The Morgan fingerprint density at radius 3 is 1.11 bits per heavy atom. The van der Waals surface area contributed by atoms with Crippen molar-refractivity contribution in [2.24, 2.45) is 0 Å². The van der Waals surface area contributed by atoms with E-state index in [0.717, 1.165) is 162 Å². The van der Waals surface area contributed by atoms with Crippen LogP contribution in [0, 0.1) is 52.3 Å². The predicted molar refractivity (Wildman–Crippen MR) is 566 cm³/mol. The Hall–Kier alpha value is -12.1. The number of benzene rings is 6. The van der Waals surface area contributed by atoms with Gasteiger partial charge in [-0.1, -0.05) is 109 Å². The van der Waals surface area contributed by atoms with E-state index in [1.54, 1.807) is 24.0 Å². The van der Waals surface area contributed by atoms with Crippen molar-refractivity contribution in [3.8, 4) is 29.9 Å². The van der Waals surface area contributed by atoms with Crippen LogP contribution in [0.5, 0.6) is 18.0 Å². The molecule has 140 heavy (non-hydrogen) atoms. The zero-order chi connectivity index (χ0) is 95.9. The monoisotopic (exact) mass is 1930 g/mol. The Kier molecular flexibility index (Phi) is 35.0. The maximum absolute atomic E-state index is 13.4. The number of rotatable bonds is 24. The lowest BCUT2D eigenvalue weighted by Crippen LogP contribution is -2.56. The molecule has 0 unspecified atom stereocenters. The molecule has 0 radical (unpaired) electrons. The number of nitrogens with zero attached hydrogens (tertiary/aromatic N) is 23. The molecule has 7 fully saturated rings. The summed E-state index contributed by atoms with van der Waals surface area (Å²) in [5.41, 5.74) is 13.8. The standard InChI is InChI=1S/C38H48N8O3.C36H46N8O2.C34H39N7O2.2H2S/c1-28-8-4-9-29-10-5-12-34(36(28)29)44-17-14-32-33(26-44)40-38(49-27-30-11-6-15-42(30)3)41-37(32)45-18-19-46(31(25-45)24-39-2)35(47)13-7-16-43-20-22-48-23-21-43;1-26-10-6-11-27-12-7-14-32(34(26)27)42-19-16-30-31(24-42)38-36(46-25-28-13-8-18-41(28)5)39-35(30)43-20-21-44(29(23-43)22-37-2)33(45)15-9-17-40(3)4;1-5-9-31(42)41-19-18-40(21-27(41)20-35-3)33-28-15-17-39(30-14-7-12-25-11-6-10-24(2)32(25)30)22-29(28)36-34(37-33)43-23-26-13-8-16-38(26)4;;/h4-5,7-10,12-13,30-31H,6,11,14-27H2,1,3H3;6-7,9-12,14-15,28-29H,8,13,16-25H2,1,3-5H3;6-7,10-12,14,26-27H,8,13,15-23H2,1-2,4H3;2*1H2/b13-7+;15-9+;;;/t30-,31-;28-,29-;26-,27-;;/m000../s1. The van der Waals surface area contributed by atoms with Crippen LogP contribution in [-0.4, -0.2) is 335 Å². The third-order valence-corrected chi connectivity index (χ3v) is 29.4. The first-order valence-electron chi connectivity index (χ1n) is 49.5. The molecule has 0 bridgehead atoms. The van der Waals surface area contributed by atoms with E-state index >= 15 is 0 Å². The summed E-state index contributed by atoms with van der Waals surface area (Å²) >= 11 is 0. The maximum atomic E-state index is 13.4. The van der Waals surface area contributed by atoms with Gasteiger partial charge in [-0.25, -0.2) is 19.7 Å². The first-order chi connectivity index (χ1) is 67.3. The number of carbonyl (C=O) groups excluding carboxylic acids is 3. The molecule has 3 aromatic heterocycles. The van der Waals surface area contributed by atoms with E-state index in [1.807, 2.05) is 40.9 Å². The van der Waals surface area contributed by atoms with E-state index in [0.29, 0.717) is 141 Å². The Morgan fingerprint density at radius 2 is 0.779 bits per heavy atom. The number of hydrogen-bond acceptors (Lipinski definition) is 24. The number of aryl methyl sites for hydroxylation is 3. The Morgan fingerprint density at radius 1 is 0.436 bits per heavy atom. The van der Waals surface area contributed by atoms with Gasteiger partial charge in [0, 0.05) is 185 Å². The van der Waals surface area contributed by atoms with Crippen molar-refractivity contribution >= 4 is 112 Å². The van der Waals surface area contributed by atoms with E-state index in [1.165, 1.54) is 85.3 Å². The van der Waals surface area contributed by atoms with Crippen molar-refractivity contribution < 1.29 is 33.3 Å². The second-order valence-electron chi connectivity index (χ2n) is 38.6. The zero-order valence-electron chi connectivity index (χ0n) is 82.9. The third-order valence-electron chi connectivity index (χ3n) is 29.4. The second-order valence-corrected chi connectivity index (χ2v) is 38.6. The minimum Gasteiger partial charge on any atom is -0.462 e. The molecule has 0 saturated carbocycles. The second kappa shape index (κ2) is 47.9. The fourth-order valence-electron chi connectivity index (χ4n) is 21.7. The van der Waals surface area contributed by atoms with Gasteiger partial charge in [0.25, 0.3) is 5.91 Å². The number of hydrogen-bond donors (Lipinski definition) is 0. The summed E-state index contributed by atoms with van der Waals surface area (Å²) in [5.74, 6) is 7.74. The largest absolute Gasteiger partial charge is 0.462 e. The first kappa shape index (κ1) is 102. The lowest BCUT2D eigenvalue weighted by molar-refractivity contribution is -0.129. The van der Waals surface area contributed by atoms with E-state index < -0.39 is 0 Å². The fraction of sp³-hybridized carbons (Fsp3) is 0.500. The van der Waals surface area contributed by atoms with Crippen molar-refractivity contribution in [3.05, 3.63) is 218 Å². The van der Waals surface area contributed by atoms with Gasteiger partial charge in [-0.3, -0.25) is 19.3 Å². The molecule has 19 rings (SSSR count). The van der Waals surface area contributed by atoms with Crippen LogP contribution >= 0.6 is 27.0 Å². The lowest BCUT2D eigenvalue weighted by atomic mass is 9.99. The molecule has 9 aromatic rings. The summed E-state index contributed by atoms with van der Waals surface area (Å²) in [4.78, 5) is 111. The Balaban J connectivity index is 0.000000158. The molecule has 3 amide bonds. The van der Waals surface area contributed by atoms with Crippen LogP contribution in [0.3, 0.4) is 0 Å². The van der Waals surface area contributed by atoms with Gasteiger partial charge in [0.2, 0.25) is 31.4 Å². The highest BCUT2D eigenvalue weighted by atomic mass is 32.1. The summed E-state index contributed by atoms with van der Waals surface area (Å²) < 4.78 is 24.5. The van der Waals surface area contributed by atoms with Gasteiger partial charge in [0.05, 0.1) is 49.9 Å². The van der Waals surface area contributed by atoms with Crippen LogP contribution < -0.4 is 43.6 Å². The summed E-state index contributed by atoms with van der Waals surface area (Å²) in [7, 11) is 10.4. The minimum absolute atomic E-state index is 0. The molecule has 7 saturated heterocycles. The molecule has 13 heterocycles. The molecule has 0 aliphatic carbocycles. The van der Waals surface area contributed by atoms with Crippen LogP contribution in [0.25, 0.3) is 46.9 Å². The molecule has 32 heteroatoms. The quantitative estimate of drug-likeness (QED) is 0.0311. The van der Waals surface area contributed by atoms with Gasteiger partial charge >= 0.3 is 18.0 Å². The predicted octanol–water partition coefficient (Wildman–Crippen LogP) is 12.0. The van der Waals surface area contributed by atoms with Crippen molar-refractivity contribution in [1.29, 1.82) is 0 Å². The lowest BCUT2D eigenvalue weighted by Gasteiger charge is -2.41. The number of likely N-dealkylation sites (N-methyl/N-ethyl adjacent to an activating group) is 4. The van der Waals surface area contributed by atoms with Gasteiger partial charge < -0.3 is 97.2 Å². The van der Waals surface area contributed by atoms with E-state index in [2.05, 4.69) is 226 Å². The van der Waals surface area contributed by atoms with Crippen LogP contribution in [0.2, 0.25) is 0 Å². The van der Waals surface area contributed by atoms with Gasteiger partial charge in [-0.2, -0.15) is 56.9 Å². The van der Waals surface area contributed by atoms with E-state index in [9.17, 15) is 14.4 Å². The summed E-state index contributed by atoms with van der Waals surface area (Å²) in [5, 5.41) is 7.57. The van der Waals surface area contributed by atoms with Crippen LogP contribution in [0.1, 0.15) is 95.9 Å². The van der Waals surface area contributed by atoms with E-state index in [-0.39, 0.29) is 82.5 Å². The third kappa shape index (κ3) is 23.9. The van der Waals surface area contributed by atoms with E-state index in [4.69, 9.17) is 68.6 Å². The highest BCUT2D eigenvalue weighted by Gasteiger charge is 2.41. The minimum atomic E-state index is -0.250. The molecule has 30 nitrogen and oxygen atoms in total. The van der Waals surface area contributed by atoms with Crippen molar-refractivity contribution in [3.63, 3.8) is 0 Å². The number of aromatic nitrogens is 6. The molecule has 6 aromatic carbocycles. The average Bonchev–Trinajstić information content (AvgIpc) is 1.21. The molecule has 0 spiro atoms. The topological polar surface area (TPSA) is 224 Å². The molecule has 10 aliphatic rings. The van der Waals surface area contributed by atoms with Crippen molar-refractivity contribution in [2.75, 3.05) is 242 Å². The van der Waals surface area contributed by atoms with Gasteiger partial charge in [0.1, 0.15) is 55.4 Å².